The van der Waals surface area contributed by atoms with Crippen molar-refractivity contribution in [2.75, 3.05) is 7.11 Å². The number of carbonyl (C=O) groups is 3. The van der Waals surface area contributed by atoms with Crippen LogP contribution in [0.4, 0.5) is 13.2 Å². The highest BCUT2D eigenvalue weighted by Gasteiger charge is 2.63. The van der Waals surface area contributed by atoms with E-state index in [0.29, 0.717) is 31.3 Å². The van der Waals surface area contributed by atoms with Crippen molar-refractivity contribution in [1.82, 2.24) is 0 Å². The van der Waals surface area contributed by atoms with Gasteiger partial charge >= 0.3 is 12.1 Å². The number of hydrogen-bond acceptors (Lipinski definition) is 4. The van der Waals surface area contributed by atoms with Gasteiger partial charge in [0.15, 0.2) is 11.6 Å². The van der Waals surface area contributed by atoms with E-state index in [-0.39, 0.29) is 29.0 Å². The minimum atomic E-state index is -4.79. The summed E-state index contributed by atoms with van der Waals surface area (Å²) in [4.78, 5) is 39.2. The van der Waals surface area contributed by atoms with E-state index in [2.05, 4.69) is 41.5 Å². The average molecular weight is 581 g/mol. The second-order valence-corrected chi connectivity index (χ2v) is 15.8. The molecule has 5 atom stereocenters. The molecule has 0 spiro atoms. The van der Waals surface area contributed by atoms with Crippen LogP contribution in [0.1, 0.15) is 114 Å². The summed E-state index contributed by atoms with van der Waals surface area (Å²) in [7, 11) is 1.44. The molecule has 4 nitrogen and oxygen atoms in total. The van der Waals surface area contributed by atoms with Crippen LogP contribution in [0.5, 0.6) is 0 Å². The number of halogens is 3. The van der Waals surface area contributed by atoms with Crippen molar-refractivity contribution in [3.05, 3.63) is 23.3 Å². The summed E-state index contributed by atoms with van der Waals surface area (Å²) in [5.74, 6) is -1.57. The zero-order chi connectivity index (χ0) is 31.6. The van der Waals surface area contributed by atoms with Gasteiger partial charge in [-0.3, -0.25) is 14.4 Å². The maximum Gasteiger partial charge on any atom is 0.419 e. The Bertz CT molecular complexity index is 1160. The third-order valence-corrected chi connectivity index (χ3v) is 12.0. The van der Waals surface area contributed by atoms with Crippen LogP contribution >= 0.6 is 0 Å². The van der Waals surface area contributed by atoms with Gasteiger partial charge in [-0.05, 0) is 86.0 Å². The zero-order valence-corrected chi connectivity index (χ0v) is 27.0. The number of Topliss-reactive ketones (excluding diaryl/α,β-unsaturated/α-hetero) is 1. The molecule has 1 unspecified atom stereocenters. The summed E-state index contributed by atoms with van der Waals surface area (Å²) in [6, 6.07) is 0. The van der Waals surface area contributed by atoms with Crippen LogP contribution in [-0.4, -0.2) is 30.8 Å². The van der Waals surface area contributed by atoms with Gasteiger partial charge in [0.25, 0.3) is 0 Å². The van der Waals surface area contributed by atoms with Crippen molar-refractivity contribution in [1.29, 1.82) is 0 Å². The molecule has 7 heteroatoms. The Morgan fingerprint density at radius 2 is 1.63 bits per heavy atom. The fourth-order valence-electron chi connectivity index (χ4n) is 8.97. The van der Waals surface area contributed by atoms with Gasteiger partial charge in [0, 0.05) is 10.8 Å². The minimum Gasteiger partial charge on any atom is -0.469 e. The molecule has 0 N–H and O–H groups in total. The lowest BCUT2D eigenvalue weighted by Gasteiger charge is -2.61. The molecule has 41 heavy (non-hydrogen) atoms. The zero-order valence-electron chi connectivity index (χ0n) is 27.0. The average Bonchev–Trinajstić information content (AvgIpc) is 2.82. The topological polar surface area (TPSA) is 60.4 Å². The number of carbonyl (C=O) groups excluding carboxylic acids is 3. The fraction of sp³-hybridized carbons (Fsp3) is 0.794. The summed E-state index contributed by atoms with van der Waals surface area (Å²) in [5.41, 5.74) is -4.47. The molecule has 2 saturated carbocycles. The summed E-state index contributed by atoms with van der Waals surface area (Å²) in [5, 5.41) is 0. The highest BCUT2D eigenvalue weighted by molar-refractivity contribution is 6.02. The van der Waals surface area contributed by atoms with Crippen LogP contribution < -0.4 is 0 Å². The lowest BCUT2D eigenvalue weighted by molar-refractivity contribution is -0.162. The summed E-state index contributed by atoms with van der Waals surface area (Å²) in [6.07, 6.45) is 2.82. The third-order valence-electron chi connectivity index (χ3n) is 12.0. The fourth-order valence-corrected chi connectivity index (χ4v) is 8.97. The predicted octanol–water partition coefficient (Wildman–Crippen LogP) is 8.83. The summed E-state index contributed by atoms with van der Waals surface area (Å²) >= 11 is 0. The van der Waals surface area contributed by atoms with Gasteiger partial charge in [0.2, 0.25) is 0 Å². The molecule has 3 aliphatic carbocycles. The maximum atomic E-state index is 14.2. The summed E-state index contributed by atoms with van der Waals surface area (Å²) < 4.78 is 48.1. The van der Waals surface area contributed by atoms with E-state index in [1.165, 1.54) is 20.1 Å². The molecule has 0 amide bonds. The quantitative estimate of drug-likeness (QED) is 0.233. The highest BCUT2D eigenvalue weighted by Crippen LogP contribution is 2.68. The lowest BCUT2D eigenvalue weighted by Crippen LogP contribution is -2.57. The Balaban J connectivity index is 2.12. The molecule has 0 aromatic rings. The van der Waals surface area contributed by atoms with Crippen LogP contribution in [0, 0.1) is 44.3 Å². The Hall–Kier alpha value is -1.92. The first-order valence-electron chi connectivity index (χ1n) is 15.1. The van der Waals surface area contributed by atoms with Crippen LogP contribution in [0.25, 0.3) is 0 Å². The van der Waals surface area contributed by atoms with Crippen LogP contribution in [0.15, 0.2) is 23.3 Å². The Morgan fingerprint density at radius 3 is 2.12 bits per heavy atom. The Kier molecular flexibility index (Phi) is 8.49. The van der Waals surface area contributed by atoms with Crippen molar-refractivity contribution < 1.29 is 32.3 Å². The van der Waals surface area contributed by atoms with Gasteiger partial charge in [0.1, 0.15) is 0 Å². The second-order valence-electron chi connectivity index (χ2n) is 15.8. The number of hydrogen-bond donors (Lipinski definition) is 0. The number of ketones is 2. The van der Waals surface area contributed by atoms with Crippen molar-refractivity contribution in [2.45, 2.75) is 120 Å². The molecular weight excluding hydrogens is 529 g/mol. The lowest BCUT2D eigenvalue weighted by atomic mass is 9.42. The van der Waals surface area contributed by atoms with E-state index in [0.717, 1.165) is 25.3 Å². The number of esters is 1. The monoisotopic (exact) mass is 580 g/mol. The molecule has 0 aromatic heterocycles. The Labute approximate surface area is 244 Å². The van der Waals surface area contributed by atoms with Crippen molar-refractivity contribution in [3.63, 3.8) is 0 Å². The van der Waals surface area contributed by atoms with Crippen molar-refractivity contribution >= 4 is 17.5 Å². The normalized spacial score (nSPS) is 36.4. The SMILES string of the molecule is COC(=O)[C@]1(CCC(C)(C)[C@]2(C)CC[C@H]3C(C)(C)C(=O)C(C(F)(F)F)=C[C@]3(C)/C2=C/C(C)=O)CCC(C)(C)CC1C. The van der Waals surface area contributed by atoms with Crippen molar-refractivity contribution in [2.24, 2.45) is 44.3 Å². The van der Waals surface area contributed by atoms with Gasteiger partial charge in [-0.25, -0.2) is 0 Å². The van der Waals surface area contributed by atoms with Crippen LogP contribution in [-0.2, 0) is 19.1 Å². The van der Waals surface area contributed by atoms with Gasteiger partial charge in [0.05, 0.1) is 18.1 Å². The Morgan fingerprint density at radius 1 is 1.05 bits per heavy atom. The van der Waals surface area contributed by atoms with Crippen LogP contribution in [0.2, 0.25) is 0 Å². The van der Waals surface area contributed by atoms with E-state index in [1.807, 2.05) is 0 Å². The highest BCUT2D eigenvalue weighted by atomic mass is 19.4. The predicted molar refractivity (Wildman–Crippen MR) is 155 cm³/mol. The number of methoxy groups -OCH3 is 1. The first-order chi connectivity index (χ1) is 18.4. The largest absolute Gasteiger partial charge is 0.469 e. The van der Waals surface area contributed by atoms with Crippen molar-refractivity contribution in [3.8, 4) is 0 Å². The van der Waals surface area contributed by atoms with Gasteiger partial charge < -0.3 is 4.74 Å². The molecule has 0 bridgehead atoms. The third kappa shape index (κ3) is 5.48. The van der Waals surface area contributed by atoms with E-state index in [1.54, 1.807) is 20.8 Å². The standard InChI is InChI=1S/C34H51F3O4/c1-21-19-28(3,4)14-16-33(21,27(40)41-11)17-15-29(5,6)32(10)13-12-24-30(7,8)26(39)23(34(35,36)37)20-31(24,9)25(32)18-22(2)38/h18,20-21,24H,12-17,19H2,1-11H3/b25-18-/t21?,24-,31-,32+,33-/m0/s1. The first kappa shape index (κ1) is 33.6. The molecule has 0 radical (unpaired) electrons. The molecular formula is C34H51F3O4. The number of fused-ring (bicyclic) bond motifs is 1. The number of alkyl halides is 3. The van der Waals surface area contributed by atoms with Gasteiger partial charge in [-0.1, -0.05) is 74.0 Å². The number of ether oxygens (including phenoxy) is 1. The van der Waals surface area contributed by atoms with Gasteiger partial charge in [-0.2, -0.15) is 13.2 Å². The molecule has 0 aliphatic heterocycles. The van der Waals surface area contributed by atoms with E-state index < -0.39 is 44.6 Å². The second kappa shape index (κ2) is 10.4. The van der Waals surface area contributed by atoms with E-state index >= 15 is 0 Å². The van der Waals surface area contributed by atoms with Crippen LogP contribution in [0.3, 0.4) is 0 Å². The molecule has 0 saturated heterocycles. The molecule has 3 rings (SSSR count). The van der Waals surface area contributed by atoms with Gasteiger partial charge in [-0.15, -0.1) is 0 Å². The molecule has 3 aliphatic rings. The molecule has 0 aromatic carbocycles. The maximum absolute atomic E-state index is 14.2. The van der Waals surface area contributed by atoms with E-state index in [4.69, 9.17) is 4.74 Å². The summed E-state index contributed by atoms with van der Waals surface area (Å²) in [6.45, 7) is 19.3. The molecule has 0 heterocycles. The smallest absolute Gasteiger partial charge is 0.419 e. The molecule has 232 valence electrons. The first-order valence-corrected chi connectivity index (χ1v) is 15.1. The number of rotatable bonds is 6. The molecule has 2 fully saturated rings. The number of allylic oxidation sites excluding steroid dienone is 4. The minimum absolute atomic E-state index is 0.116. The van der Waals surface area contributed by atoms with E-state index in [9.17, 15) is 27.6 Å².